The van der Waals surface area contributed by atoms with Crippen LogP contribution in [0.5, 0.6) is 5.75 Å². The van der Waals surface area contributed by atoms with Crippen molar-refractivity contribution in [3.8, 4) is 11.4 Å². The zero-order valence-corrected chi connectivity index (χ0v) is 22.1. The molecular formula is C27H27N5O5S. The highest BCUT2D eigenvalue weighted by atomic mass is 32.2. The molecule has 38 heavy (non-hydrogen) atoms. The topological polar surface area (TPSA) is 128 Å². The van der Waals surface area contributed by atoms with E-state index in [0.29, 0.717) is 5.75 Å². The van der Waals surface area contributed by atoms with Crippen LogP contribution in [0.3, 0.4) is 0 Å². The predicted octanol–water partition coefficient (Wildman–Crippen LogP) is 5.57. The lowest BCUT2D eigenvalue weighted by Gasteiger charge is -2.14. The second kappa shape index (κ2) is 10.8. The fourth-order valence-corrected chi connectivity index (χ4v) is 5.30. The molecule has 196 valence electrons. The number of nitrogens with zero attached hydrogens (tertiary/aromatic N) is 3. The quantitative estimate of drug-likeness (QED) is 0.165. The smallest absolute Gasteiger partial charge is 0.270 e. The molecule has 0 fully saturated rings. The molecule has 3 aromatic carbocycles. The number of sulfonamides is 1. The third-order valence-electron chi connectivity index (χ3n) is 5.97. The van der Waals surface area contributed by atoms with Gasteiger partial charge < -0.3 is 9.30 Å². The van der Waals surface area contributed by atoms with E-state index in [4.69, 9.17) is 4.74 Å². The Hall–Kier alpha value is -4.64. The average Bonchev–Trinajstić information content (AvgIpc) is 3.17. The molecule has 0 saturated heterocycles. The van der Waals surface area contributed by atoms with Crippen LogP contribution in [0.4, 0.5) is 17.1 Å². The molecule has 2 N–H and O–H groups in total. The second-order valence-corrected chi connectivity index (χ2v) is 10.3. The summed E-state index contributed by atoms with van der Waals surface area (Å²) in [7, 11) is -2.84. The Morgan fingerprint density at radius 1 is 0.974 bits per heavy atom. The maximum absolute atomic E-state index is 13.3. The Balaban J connectivity index is 1.66. The molecule has 0 atom stereocenters. The maximum Gasteiger partial charge on any atom is 0.270 e. The van der Waals surface area contributed by atoms with Gasteiger partial charge in [-0.2, -0.15) is 5.10 Å². The molecule has 10 nitrogen and oxygen atoms in total. The molecule has 0 aliphatic carbocycles. The molecule has 11 heteroatoms. The number of aryl methyl sites for hydroxylation is 2. The highest BCUT2D eigenvalue weighted by Gasteiger charge is 2.24. The zero-order valence-electron chi connectivity index (χ0n) is 21.3. The lowest BCUT2D eigenvalue weighted by Crippen LogP contribution is -2.15. The SMILES string of the molecule is COc1ccccc1NS(=O)(=O)c1cc([N+](=O)[O-])ccc1NN=Cc1cc(C)n(-c2ccc(C)cc2)c1C. The summed E-state index contributed by atoms with van der Waals surface area (Å²) in [4.78, 5) is 10.4. The zero-order chi connectivity index (χ0) is 27.4. The van der Waals surface area contributed by atoms with Crippen molar-refractivity contribution in [1.82, 2.24) is 4.57 Å². The lowest BCUT2D eigenvalue weighted by atomic mass is 10.2. The first kappa shape index (κ1) is 26.4. The van der Waals surface area contributed by atoms with Crippen LogP contribution < -0.4 is 14.9 Å². The van der Waals surface area contributed by atoms with Crippen molar-refractivity contribution in [3.05, 3.63) is 105 Å². The van der Waals surface area contributed by atoms with Gasteiger partial charge in [-0.1, -0.05) is 29.8 Å². The van der Waals surface area contributed by atoms with Gasteiger partial charge in [-0.3, -0.25) is 20.3 Å². The maximum atomic E-state index is 13.3. The Labute approximate surface area is 220 Å². The van der Waals surface area contributed by atoms with Gasteiger partial charge in [0.25, 0.3) is 15.7 Å². The summed E-state index contributed by atoms with van der Waals surface area (Å²) < 4.78 is 36.3. The number of para-hydroxylation sites is 2. The standard InChI is InChI=1S/C27H27N5O5S/c1-18-9-11-22(12-10-18)31-19(2)15-21(20(31)3)17-28-29-25-14-13-23(32(33)34)16-27(25)38(35,36)30-24-7-5-6-8-26(24)37-4/h5-17,29-30H,1-4H3. The van der Waals surface area contributed by atoms with Crippen LogP contribution in [0, 0.1) is 30.9 Å². The molecule has 1 aromatic heterocycles. The van der Waals surface area contributed by atoms with Crippen molar-refractivity contribution in [2.24, 2.45) is 5.10 Å². The van der Waals surface area contributed by atoms with Gasteiger partial charge >= 0.3 is 0 Å². The molecule has 0 radical (unpaired) electrons. The Kier molecular flexibility index (Phi) is 7.49. The molecule has 0 bridgehead atoms. The summed E-state index contributed by atoms with van der Waals surface area (Å²) >= 11 is 0. The number of anilines is 2. The van der Waals surface area contributed by atoms with E-state index >= 15 is 0 Å². The number of non-ortho nitro benzene ring substituents is 1. The molecular weight excluding hydrogens is 506 g/mol. The van der Waals surface area contributed by atoms with Crippen molar-refractivity contribution in [1.29, 1.82) is 0 Å². The third kappa shape index (κ3) is 5.52. The number of nitrogens with one attached hydrogen (secondary N) is 2. The summed E-state index contributed by atoms with van der Waals surface area (Å²) in [5.41, 5.74) is 7.60. The summed E-state index contributed by atoms with van der Waals surface area (Å²) in [5, 5.41) is 15.6. The summed E-state index contributed by atoms with van der Waals surface area (Å²) in [6.07, 6.45) is 1.58. The number of rotatable bonds is 9. The first-order valence-electron chi connectivity index (χ1n) is 11.6. The van der Waals surface area contributed by atoms with E-state index in [2.05, 4.69) is 19.8 Å². The first-order valence-corrected chi connectivity index (χ1v) is 13.1. The Morgan fingerprint density at radius 2 is 1.68 bits per heavy atom. The molecule has 0 saturated carbocycles. The van der Waals surface area contributed by atoms with E-state index in [9.17, 15) is 18.5 Å². The number of nitro groups is 1. The molecule has 0 spiro atoms. The minimum Gasteiger partial charge on any atom is -0.495 e. The number of hydrazone groups is 1. The Morgan fingerprint density at radius 3 is 2.37 bits per heavy atom. The number of aromatic nitrogens is 1. The molecule has 0 aliphatic heterocycles. The average molecular weight is 534 g/mol. The van der Waals surface area contributed by atoms with Gasteiger partial charge in [0.05, 0.1) is 29.6 Å². The van der Waals surface area contributed by atoms with Gasteiger partial charge in [-0.15, -0.1) is 0 Å². The first-order chi connectivity index (χ1) is 18.1. The number of ether oxygens (including phenoxy) is 1. The second-order valence-electron chi connectivity index (χ2n) is 8.61. The van der Waals surface area contributed by atoms with Crippen LogP contribution in [-0.2, 0) is 10.0 Å². The number of hydrogen-bond acceptors (Lipinski definition) is 7. The monoisotopic (exact) mass is 533 g/mol. The normalized spacial score (nSPS) is 11.5. The summed E-state index contributed by atoms with van der Waals surface area (Å²) in [6.45, 7) is 5.98. The minimum absolute atomic E-state index is 0.0709. The van der Waals surface area contributed by atoms with Crippen molar-refractivity contribution >= 4 is 33.3 Å². The third-order valence-corrected chi connectivity index (χ3v) is 7.37. The number of benzene rings is 3. The minimum atomic E-state index is -4.25. The van der Waals surface area contributed by atoms with E-state index in [1.54, 1.807) is 24.4 Å². The van der Waals surface area contributed by atoms with E-state index in [-0.39, 0.29) is 22.0 Å². The molecule has 0 aliphatic rings. The molecule has 1 heterocycles. The van der Waals surface area contributed by atoms with Crippen LogP contribution in [-0.4, -0.2) is 31.2 Å². The van der Waals surface area contributed by atoms with Gasteiger partial charge in [0.15, 0.2) is 0 Å². The number of methoxy groups -OCH3 is 1. The van der Waals surface area contributed by atoms with Crippen molar-refractivity contribution in [3.63, 3.8) is 0 Å². The fraction of sp³-hybridized carbons (Fsp3) is 0.148. The molecule has 4 rings (SSSR count). The van der Waals surface area contributed by atoms with Gasteiger partial charge in [0.1, 0.15) is 10.6 Å². The van der Waals surface area contributed by atoms with Gasteiger partial charge in [-0.25, -0.2) is 8.42 Å². The summed E-state index contributed by atoms with van der Waals surface area (Å²) in [6, 6.07) is 20.1. The highest BCUT2D eigenvalue weighted by Crippen LogP contribution is 2.31. The molecule has 0 amide bonds. The van der Waals surface area contributed by atoms with Crippen LogP contribution in [0.15, 0.2) is 82.8 Å². The largest absolute Gasteiger partial charge is 0.495 e. The molecule has 4 aromatic rings. The fourth-order valence-electron chi connectivity index (χ4n) is 4.05. The van der Waals surface area contributed by atoms with Crippen LogP contribution >= 0.6 is 0 Å². The van der Waals surface area contributed by atoms with Crippen molar-refractivity contribution in [2.45, 2.75) is 25.7 Å². The van der Waals surface area contributed by atoms with Crippen LogP contribution in [0.2, 0.25) is 0 Å². The van der Waals surface area contributed by atoms with E-state index in [0.717, 1.165) is 34.3 Å². The van der Waals surface area contributed by atoms with E-state index in [1.165, 1.54) is 25.3 Å². The highest BCUT2D eigenvalue weighted by molar-refractivity contribution is 7.93. The number of nitro benzene ring substituents is 1. The lowest BCUT2D eigenvalue weighted by molar-refractivity contribution is -0.385. The van der Waals surface area contributed by atoms with Gasteiger partial charge in [-0.05, 0) is 57.2 Å². The van der Waals surface area contributed by atoms with Crippen LogP contribution in [0.1, 0.15) is 22.5 Å². The predicted molar refractivity (Wildman–Crippen MR) is 148 cm³/mol. The van der Waals surface area contributed by atoms with Gasteiger partial charge in [0.2, 0.25) is 0 Å². The van der Waals surface area contributed by atoms with Crippen molar-refractivity contribution < 1.29 is 18.1 Å². The number of hydrogen-bond donors (Lipinski definition) is 2. The molecule has 0 unspecified atom stereocenters. The van der Waals surface area contributed by atoms with Gasteiger partial charge in [0, 0.05) is 34.8 Å². The van der Waals surface area contributed by atoms with Crippen molar-refractivity contribution in [2.75, 3.05) is 17.3 Å². The van der Waals surface area contributed by atoms with E-state index in [1.807, 2.05) is 51.1 Å². The Bertz CT molecular complexity index is 1630. The van der Waals surface area contributed by atoms with Crippen LogP contribution in [0.25, 0.3) is 5.69 Å². The summed E-state index contributed by atoms with van der Waals surface area (Å²) in [5.74, 6) is 0.304. The van der Waals surface area contributed by atoms with E-state index < -0.39 is 14.9 Å².